The molecule has 0 bridgehead atoms. The molecule has 3 N–H and O–H groups in total. The molecule has 1 saturated carbocycles. The summed E-state index contributed by atoms with van der Waals surface area (Å²) in [6.45, 7) is 5.13. The molecule has 0 saturated heterocycles. The van der Waals surface area contributed by atoms with Crippen LogP contribution < -0.4 is 11.1 Å². The van der Waals surface area contributed by atoms with E-state index in [4.69, 9.17) is 5.73 Å². The van der Waals surface area contributed by atoms with Gasteiger partial charge >= 0.3 is 0 Å². The first-order chi connectivity index (χ1) is 10.2. The fourth-order valence-electron chi connectivity index (χ4n) is 2.38. The molecule has 0 heterocycles. The molecule has 0 aromatic carbocycles. The van der Waals surface area contributed by atoms with Crippen LogP contribution in [0.2, 0.25) is 0 Å². The normalized spacial score (nSPS) is 15.6. The van der Waals surface area contributed by atoms with Crippen molar-refractivity contribution in [2.75, 3.05) is 26.7 Å². The average Bonchev–Trinajstić information content (AvgIpc) is 2.53. The van der Waals surface area contributed by atoms with Crippen LogP contribution in [0.5, 0.6) is 0 Å². The number of nitrogens with zero attached hydrogens (tertiary/aromatic N) is 1. The number of allylic oxidation sites excluding steroid dienone is 2. The van der Waals surface area contributed by atoms with Gasteiger partial charge < -0.3 is 16.0 Å². The molecule has 0 spiro atoms. The van der Waals surface area contributed by atoms with Gasteiger partial charge in [-0.05, 0) is 38.9 Å². The van der Waals surface area contributed by atoms with Crippen LogP contribution >= 0.6 is 0 Å². The average molecular weight is 299 g/mol. The van der Waals surface area contributed by atoms with Crippen molar-refractivity contribution >= 4 is 5.91 Å². The van der Waals surface area contributed by atoms with E-state index in [1.54, 1.807) is 0 Å². The van der Waals surface area contributed by atoms with Crippen LogP contribution in [-0.2, 0) is 4.79 Å². The highest BCUT2D eigenvalue weighted by atomic mass is 19.1. The lowest BCUT2D eigenvalue weighted by atomic mass is 9.94. The van der Waals surface area contributed by atoms with Crippen LogP contribution in [-0.4, -0.2) is 43.5 Å². The highest BCUT2D eigenvalue weighted by Gasteiger charge is 2.17. The van der Waals surface area contributed by atoms with Crippen molar-refractivity contribution in [1.29, 1.82) is 0 Å². The summed E-state index contributed by atoms with van der Waals surface area (Å²) in [6, 6.07) is 0.763. The zero-order valence-electron chi connectivity index (χ0n) is 13.2. The summed E-state index contributed by atoms with van der Waals surface area (Å²) in [7, 11) is 2.20. The standard InChI is InChI=1S/C12H25N3O.C4H5F/c1-15(11-6-3-2-4-7-11)9-5-8-14-12(16)10-13;1-2-3-4-5/h11H,2-10,13H2,1H3,(H,14,16);2-4H,1H2/b;4-3+. The number of amides is 1. The van der Waals surface area contributed by atoms with Crippen molar-refractivity contribution in [3.8, 4) is 0 Å². The topological polar surface area (TPSA) is 58.4 Å². The number of halogens is 1. The highest BCUT2D eigenvalue weighted by molar-refractivity contribution is 5.77. The minimum atomic E-state index is -0.0553. The fraction of sp³-hybridized carbons (Fsp3) is 0.688. The Balaban J connectivity index is 0.000000690. The van der Waals surface area contributed by atoms with Crippen molar-refractivity contribution < 1.29 is 9.18 Å². The summed E-state index contributed by atoms with van der Waals surface area (Å²) in [5.41, 5.74) is 5.21. The van der Waals surface area contributed by atoms with Crippen molar-refractivity contribution in [3.05, 3.63) is 25.1 Å². The number of nitrogens with one attached hydrogen (secondary N) is 1. The lowest BCUT2D eigenvalue weighted by Crippen LogP contribution is -2.36. The second kappa shape index (κ2) is 13.8. The van der Waals surface area contributed by atoms with Gasteiger partial charge in [0.05, 0.1) is 12.9 Å². The molecule has 1 aliphatic carbocycles. The molecule has 5 heteroatoms. The largest absolute Gasteiger partial charge is 0.355 e. The first-order valence-corrected chi connectivity index (χ1v) is 7.70. The van der Waals surface area contributed by atoms with Crippen LogP contribution in [0.4, 0.5) is 4.39 Å². The lowest BCUT2D eigenvalue weighted by molar-refractivity contribution is -0.119. The summed E-state index contributed by atoms with van der Waals surface area (Å²) in [5.74, 6) is -0.0553. The monoisotopic (exact) mass is 299 g/mol. The molecule has 0 aromatic heterocycles. The third-order valence-corrected chi connectivity index (χ3v) is 3.60. The Labute approximate surface area is 128 Å². The third kappa shape index (κ3) is 11.2. The lowest BCUT2D eigenvalue weighted by Gasteiger charge is -2.31. The maximum atomic E-state index is 10.9. The number of hydrogen-bond acceptors (Lipinski definition) is 3. The number of carbonyl (C=O) groups is 1. The van der Waals surface area contributed by atoms with Gasteiger partial charge in [-0.3, -0.25) is 4.79 Å². The molecule has 4 nitrogen and oxygen atoms in total. The van der Waals surface area contributed by atoms with E-state index in [0.29, 0.717) is 6.33 Å². The van der Waals surface area contributed by atoms with Crippen molar-refractivity contribution in [1.82, 2.24) is 10.2 Å². The Morgan fingerprint density at radius 1 is 1.43 bits per heavy atom. The number of hydrogen-bond donors (Lipinski definition) is 2. The second-order valence-corrected chi connectivity index (χ2v) is 5.23. The minimum Gasteiger partial charge on any atom is -0.355 e. The van der Waals surface area contributed by atoms with Gasteiger partial charge in [-0.25, -0.2) is 4.39 Å². The van der Waals surface area contributed by atoms with E-state index in [9.17, 15) is 9.18 Å². The molecule has 21 heavy (non-hydrogen) atoms. The Kier molecular flexibility index (Phi) is 13.0. The smallest absolute Gasteiger partial charge is 0.233 e. The predicted octanol–water partition coefficient (Wildman–Crippen LogP) is 2.37. The van der Waals surface area contributed by atoms with Gasteiger partial charge in [-0.1, -0.05) is 31.9 Å². The van der Waals surface area contributed by atoms with Crippen LogP contribution in [0.1, 0.15) is 38.5 Å². The van der Waals surface area contributed by atoms with Crippen molar-refractivity contribution in [2.45, 2.75) is 44.6 Å². The molecule has 1 fully saturated rings. The second-order valence-electron chi connectivity index (χ2n) is 5.23. The Hall–Kier alpha value is -1.20. The predicted molar refractivity (Wildman–Crippen MR) is 86.6 cm³/mol. The van der Waals surface area contributed by atoms with E-state index in [1.807, 2.05) is 0 Å². The fourth-order valence-corrected chi connectivity index (χ4v) is 2.38. The summed E-state index contributed by atoms with van der Waals surface area (Å²) in [5, 5.41) is 2.80. The van der Waals surface area contributed by atoms with E-state index < -0.39 is 0 Å². The van der Waals surface area contributed by atoms with E-state index in [0.717, 1.165) is 25.6 Å². The molecule has 1 amide bonds. The van der Waals surface area contributed by atoms with Gasteiger partial charge in [0.25, 0.3) is 0 Å². The molecule has 122 valence electrons. The zero-order valence-corrected chi connectivity index (χ0v) is 13.2. The first kappa shape index (κ1) is 19.8. The molecule has 0 aliphatic heterocycles. The van der Waals surface area contributed by atoms with E-state index in [2.05, 4.69) is 23.8 Å². The van der Waals surface area contributed by atoms with Crippen molar-refractivity contribution in [2.24, 2.45) is 5.73 Å². The maximum Gasteiger partial charge on any atom is 0.233 e. The zero-order chi connectivity index (χ0) is 15.9. The Bertz CT molecular complexity index is 302. The van der Waals surface area contributed by atoms with Crippen LogP contribution in [0.3, 0.4) is 0 Å². The van der Waals surface area contributed by atoms with Crippen molar-refractivity contribution in [3.63, 3.8) is 0 Å². The van der Waals surface area contributed by atoms with Crippen LogP contribution in [0, 0.1) is 0 Å². The molecule has 1 aliphatic rings. The van der Waals surface area contributed by atoms with Gasteiger partial charge in [0.15, 0.2) is 0 Å². The van der Waals surface area contributed by atoms with Gasteiger partial charge in [0.2, 0.25) is 5.91 Å². The Morgan fingerprint density at radius 2 is 2.10 bits per heavy atom. The van der Waals surface area contributed by atoms with Gasteiger partial charge in [0.1, 0.15) is 0 Å². The molecule has 0 atom stereocenters. The van der Waals surface area contributed by atoms with E-state index in [1.165, 1.54) is 44.3 Å². The third-order valence-electron chi connectivity index (χ3n) is 3.60. The molecule has 1 rings (SSSR count). The molecule has 0 unspecified atom stereocenters. The highest BCUT2D eigenvalue weighted by Crippen LogP contribution is 2.21. The quantitative estimate of drug-likeness (QED) is 0.560. The Morgan fingerprint density at radius 3 is 2.57 bits per heavy atom. The summed E-state index contributed by atoms with van der Waals surface area (Å²) in [6.07, 6.45) is 10.9. The molecule has 0 radical (unpaired) electrons. The number of carbonyl (C=O) groups excluding carboxylic acids is 1. The summed E-state index contributed by atoms with van der Waals surface area (Å²) in [4.78, 5) is 13.3. The van der Waals surface area contributed by atoms with Crippen LogP contribution in [0.25, 0.3) is 0 Å². The first-order valence-electron chi connectivity index (χ1n) is 7.70. The van der Waals surface area contributed by atoms with Gasteiger partial charge in [-0.2, -0.15) is 0 Å². The van der Waals surface area contributed by atoms with E-state index >= 15 is 0 Å². The summed E-state index contributed by atoms with van der Waals surface area (Å²) < 4.78 is 10.7. The number of rotatable bonds is 7. The molecule has 0 aromatic rings. The van der Waals surface area contributed by atoms with Crippen LogP contribution in [0.15, 0.2) is 25.1 Å². The molecular weight excluding hydrogens is 269 g/mol. The maximum absolute atomic E-state index is 10.9. The number of nitrogens with two attached hydrogens (primary N) is 1. The molecular formula is C16H30FN3O. The SMILES string of the molecule is C=C/C=C/F.CN(CCCNC(=O)CN)C1CCCCC1. The van der Waals surface area contributed by atoms with Gasteiger partial charge in [-0.15, -0.1) is 0 Å². The minimum absolute atomic E-state index is 0.0553. The van der Waals surface area contributed by atoms with E-state index in [-0.39, 0.29) is 12.5 Å². The summed E-state index contributed by atoms with van der Waals surface area (Å²) >= 11 is 0. The van der Waals surface area contributed by atoms with Gasteiger partial charge in [0, 0.05) is 12.6 Å².